The fourth-order valence-corrected chi connectivity index (χ4v) is 2.75. The highest BCUT2D eigenvalue weighted by Gasteiger charge is 2.10. The minimum atomic E-state index is -0.0881. The fraction of sp³-hybridized carbons (Fsp3) is 0.375. The second kappa shape index (κ2) is 11.7. The van der Waals surface area contributed by atoms with Crippen molar-refractivity contribution in [2.75, 3.05) is 26.7 Å². The topological polar surface area (TPSA) is 91.3 Å². The summed E-state index contributed by atoms with van der Waals surface area (Å²) in [5.41, 5.74) is 3.47. The molecule has 0 saturated heterocycles. The van der Waals surface area contributed by atoms with E-state index in [4.69, 9.17) is 0 Å². The van der Waals surface area contributed by atoms with Crippen molar-refractivity contribution >= 4 is 47.2 Å². The largest absolute Gasteiger partial charge is 0.356 e. The van der Waals surface area contributed by atoms with E-state index in [1.54, 1.807) is 18.8 Å². The molecule has 2 rings (SSSR count). The molecule has 2 aromatic heterocycles. The summed E-state index contributed by atoms with van der Waals surface area (Å²) in [6.07, 6.45) is 2.61. The predicted octanol–water partition coefficient (Wildman–Crippen LogP) is 1.60. The van der Waals surface area contributed by atoms with Crippen molar-refractivity contribution in [2.45, 2.75) is 13.3 Å². The van der Waals surface area contributed by atoms with Crippen LogP contribution in [0.2, 0.25) is 0 Å². The average Bonchev–Trinajstić information content (AvgIpc) is 3.04. The van der Waals surface area contributed by atoms with Gasteiger partial charge in [-0.1, -0.05) is 6.07 Å². The number of hydrogen-bond acceptors (Lipinski definition) is 5. The van der Waals surface area contributed by atoms with Gasteiger partial charge in [0.05, 0.1) is 11.2 Å². The quantitative estimate of drug-likeness (QED) is 0.246. The molecule has 7 nitrogen and oxygen atoms in total. The number of aliphatic imine (C=N–C) groups is 1. The van der Waals surface area contributed by atoms with Crippen LogP contribution in [-0.4, -0.2) is 48.5 Å². The standard InChI is InChI=1S/C16H22N6OS.HI/c1-12-14(24-11-22-12)15(23)19-9-10-21-16(17-2)20-8-6-13-5-3-4-7-18-13;/h3-5,7,11H,6,8-10H2,1-2H3,(H,19,23)(H2,17,20,21);1H. The maximum Gasteiger partial charge on any atom is 0.263 e. The number of carbonyl (C=O) groups excluding carboxylic acids is 1. The Labute approximate surface area is 168 Å². The molecule has 0 saturated carbocycles. The number of amides is 1. The summed E-state index contributed by atoms with van der Waals surface area (Å²) in [6.45, 7) is 3.67. The lowest BCUT2D eigenvalue weighted by molar-refractivity contribution is 0.0957. The summed E-state index contributed by atoms with van der Waals surface area (Å²) in [7, 11) is 1.72. The van der Waals surface area contributed by atoms with Crippen LogP contribution in [-0.2, 0) is 6.42 Å². The van der Waals surface area contributed by atoms with E-state index >= 15 is 0 Å². The molecule has 0 aliphatic carbocycles. The molecule has 1 amide bonds. The number of nitrogens with zero attached hydrogens (tertiary/aromatic N) is 3. The van der Waals surface area contributed by atoms with Crippen LogP contribution in [0, 0.1) is 6.92 Å². The Bertz CT molecular complexity index is 676. The number of aryl methyl sites for hydroxylation is 1. The van der Waals surface area contributed by atoms with Crippen LogP contribution in [0.3, 0.4) is 0 Å². The Morgan fingerprint density at radius 1 is 1.16 bits per heavy atom. The number of pyridine rings is 1. The molecule has 0 spiro atoms. The number of thiazole rings is 1. The highest BCUT2D eigenvalue weighted by molar-refractivity contribution is 14.0. The molecule has 2 heterocycles. The van der Waals surface area contributed by atoms with Gasteiger partial charge in [-0.2, -0.15) is 0 Å². The molecule has 0 bridgehead atoms. The first-order chi connectivity index (χ1) is 11.7. The third kappa shape index (κ3) is 7.34. The minimum absolute atomic E-state index is 0. The SMILES string of the molecule is CN=C(NCCNC(=O)c1scnc1C)NCCc1ccccn1.I. The summed E-state index contributed by atoms with van der Waals surface area (Å²) >= 11 is 1.35. The molecule has 0 aromatic carbocycles. The number of hydrogen-bond donors (Lipinski definition) is 3. The molecule has 9 heteroatoms. The monoisotopic (exact) mass is 474 g/mol. The third-order valence-electron chi connectivity index (χ3n) is 3.28. The van der Waals surface area contributed by atoms with Crippen LogP contribution in [0.4, 0.5) is 0 Å². The van der Waals surface area contributed by atoms with E-state index in [2.05, 4.69) is 30.9 Å². The first-order valence-electron chi connectivity index (χ1n) is 7.73. The van der Waals surface area contributed by atoms with Crippen molar-refractivity contribution in [3.63, 3.8) is 0 Å². The molecule has 0 radical (unpaired) electrons. The highest BCUT2D eigenvalue weighted by atomic mass is 127. The van der Waals surface area contributed by atoms with E-state index in [0.717, 1.165) is 24.4 Å². The van der Waals surface area contributed by atoms with Crippen LogP contribution in [0.15, 0.2) is 34.9 Å². The van der Waals surface area contributed by atoms with E-state index in [0.29, 0.717) is 23.9 Å². The van der Waals surface area contributed by atoms with Crippen LogP contribution < -0.4 is 16.0 Å². The molecule has 0 unspecified atom stereocenters. The van der Waals surface area contributed by atoms with Crippen molar-refractivity contribution in [3.8, 4) is 0 Å². The maximum atomic E-state index is 11.9. The second-order valence-electron chi connectivity index (χ2n) is 5.02. The molecule has 25 heavy (non-hydrogen) atoms. The molecule has 2 aromatic rings. The summed E-state index contributed by atoms with van der Waals surface area (Å²) in [6, 6.07) is 5.87. The van der Waals surface area contributed by atoms with Gasteiger partial charge in [0, 0.05) is 45.0 Å². The predicted molar refractivity (Wildman–Crippen MR) is 112 cm³/mol. The first-order valence-corrected chi connectivity index (χ1v) is 8.61. The van der Waals surface area contributed by atoms with E-state index in [1.165, 1.54) is 11.3 Å². The van der Waals surface area contributed by atoms with Crippen LogP contribution in [0.1, 0.15) is 21.1 Å². The number of guanidine groups is 1. The van der Waals surface area contributed by atoms with Gasteiger partial charge < -0.3 is 16.0 Å². The fourth-order valence-electron chi connectivity index (χ4n) is 2.03. The van der Waals surface area contributed by atoms with E-state index in [9.17, 15) is 4.79 Å². The van der Waals surface area contributed by atoms with E-state index in [-0.39, 0.29) is 29.9 Å². The lowest BCUT2D eigenvalue weighted by Crippen LogP contribution is -2.42. The Morgan fingerprint density at radius 2 is 1.92 bits per heavy atom. The number of halogens is 1. The first kappa shape index (κ1) is 21.3. The van der Waals surface area contributed by atoms with Gasteiger partial charge in [0.1, 0.15) is 4.88 Å². The summed E-state index contributed by atoms with van der Waals surface area (Å²) in [5, 5.41) is 9.25. The molecule has 3 N–H and O–H groups in total. The lowest BCUT2D eigenvalue weighted by Gasteiger charge is -2.12. The van der Waals surface area contributed by atoms with Crippen LogP contribution >= 0.6 is 35.3 Å². The Morgan fingerprint density at radius 3 is 2.56 bits per heavy atom. The summed E-state index contributed by atoms with van der Waals surface area (Å²) in [5.74, 6) is 0.615. The van der Waals surface area contributed by atoms with Gasteiger partial charge in [0.15, 0.2) is 5.96 Å². The van der Waals surface area contributed by atoms with Crippen LogP contribution in [0.5, 0.6) is 0 Å². The maximum absolute atomic E-state index is 11.9. The van der Waals surface area contributed by atoms with Crippen LogP contribution in [0.25, 0.3) is 0 Å². The zero-order valence-corrected chi connectivity index (χ0v) is 17.4. The van der Waals surface area contributed by atoms with Gasteiger partial charge in [0.2, 0.25) is 0 Å². The van der Waals surface area contributed by atoms with E-state index in [1.807, 2.05) is 25.1 Å². The molecule has 0 atom stereocenters. The third-order valence-corrected chi connectivity index (χ3v) is 4.21. The zero-order chi connectivity index (χ0) is 17.2. The molecule has 0 aliphatic heterocycles. The Hall–Kier alpha value is -1.75. The smallest absolute Gasteiger partial charge is 0.263 e. The molecule has 136 valence electrons. The van der Waals surface area contributed by atoms with Crippen molar-refractivity contribution in [1.82, 2.24) is 25.9 Å². The van der Waals surface area contributed by atoms with Gasteiger partial charge >= 0.3 is 0 Å². The average molecular weight is 474 g/mol. The normalized spacial score (nSPS) is 10.7. The van der Waals surface area contributed by atoms with Gasteiger partial charge in [-0.05, 0) is 19.1 Å². The van der Waals surface area contributed by atoms with Crippen molar-refractivity contribution in [1.29, 1.82) is 0 Å². The summed E-state index contributed by atoms with van der Waals surface area (Å²) < 4.78 is 0. The van der Waals surface area contributed by atoms with Gasteiger partial charge in [-0.3, -0.25) is 14.8 Å². The minimum Gasteiger partial charge on any atom is -0.356 e. The molecule has 0 aliphatic rings. The van der Waals surface area contributed by atoms with Crippen molar-refractivity contribution in [3.05, 3.63) is 46.2 Å². The number of rotatable bonds is 7. The zero-order valence-electron chi connectivity index (χ0n) is 14.3. The van der Waals surface area contributed by atoms with Gasteiger partial charge in [0.25, 0.3) is 5.91 Å². The molecule has 0 fully saturated rings. The molecular formula is C16H23IN6OS. The number of nitrogens with one attached hydrogen (secondary N) is 3. The highest BCUT2D eigenvalue weighted by Crippen LogP contribution is 2.10. The number of aromatic nitrogens is 2. The van der Waals surface area contributed by atoms with Gasteiger partial charge in [-0.25, -0.2) is 4.98 Å². The number of carbonyl (C=O) groups is 1. The Balaban J connectivity index is 0.00000312. The van der Waals surface area contributed by atoms with E-state index < -0.39 is 0 Å². The van der Waals surface area contributed by atoms with Crippen molar-refractivity contribution < 1.29 is 4.79 Å². The molecular weight excluding hydrogens is 451 g/mol. The van der Waals surface area contributed by atoms with Crippen molar-refractivity contribution in [2.24, 2.45) is 4.99 Å². The second-order valence-corrected chi connectivity index (χ2v) is 5.87. The Kier molecular flexibility index (Phi) is 10.0. The van der Waals surface area contributed by atoms with Gasteiger partial charge in [-0.15, -0.1) is 35.3 Å². The summed E-state index contributed by atoms with van der Waals surface area (Å²) in [4.78, 5) is 25.1. The lowest BCUT2D eigenvalue weighted by atomic mass is 10.3.